The molecule has 1 aliphatic heterocycles. The number of nitrogens with one attached hydrogen (secondary N) is 3. The standard InChI is InChI=1S/C21H22FN3O5/c1-11-17(20(26)24-14-7-5-13(22)6-8-14)18(25-21(27)23-11)12-9-15(28-2)19(30-4)16(10-12)29-3/h5-10,18H,1-4H3,(H,24,26)(H2,23,25,27)/t18-/m0/s1. The highest BCUT2D eigenvalue weighted by atomic mass is 19.1. The second-order valence-corrected chi connectivity index (χ2v) is 6.49. The van der Waals surface area contributed by atoms with Crippen LogP contribution in [-0.2, 0) is 4.79 Å². The van der Waals surface area contributed by atoms with Crippen LogP contribution in [0.1, 0.15) is 18.5 Å². The van der Waals surface area contributed by atoms with Crippen LogP contribution in [0.4, 0.5) is 14.9 Å². The molecule has 30 heavy (non-hydrogen) atoms. The molecule has 9 heteroatoms. The number of carbonyl (C=O) groups is 2. The van der Waals surface area contributed by atoms with Gasteiger partial charge in [-0.15, -0.1) is 0 Å². The van der Waals surface area contributed by atoms with Gasteiger partial charge in [0, 0.05) is 11.4 Å². The normalized spacial score (nSPS) is 15.8. The van der Waals surface area contributed by atoms with Gasteiger partial charge in [0.15, 0.2) is 11.5 Å². The molecule has 3 N–H and O–H groups in total. The molecular formula is C21H22FN3O5. The zero-order valence-electron chi connectivity index (χ0n) is 17.0. The van der Waals surface area contributed by atoms with Crippen LogP contribution in [0.15, 0.2) is 47.7 Å². The largest absolute Gasteiger partial charge is 0.493 e. The molecule has 0 spiro atoms. The average molecular weight is 415 g/mol. The maximum atomic E-state index is 13.2. The van der Waals surface area contributed by atoms with Crippen molar-refractivity contribution in [1.29, 1.82) is 0 Å². The molecule has 1 aliphatic rings. The Morgan fingerprint density at radius 1 is 1.03 bits per heavy atom. The fourth-order valence-electron chi connectivity index (χ4n) is 3.24. The third kappa shape index (κ3) is 4.14. The van der Waals surface area contributed by atoms with Gasteiger partial charge in [-0.05, 0) is 48.9 Å². The van der Waals surface area contributed by atoms with Crippen molar-refractivity contribution in [3.8, 4) is 17.2 Å². The topological polar surface area (TPSA) is 97.9 Å². The highest BCUT2D eigenvalue weighted by molar-refractivity contribution is 6.06. The van der Waals surface area contributed by atoms with Crippen LogP contribution in [-0.4, -0.2) is 33.3 Å². The minimum Gasteiger partial charge on any atom is -0.493 e. The molecule has 3 amide bonds. The summed E-state index contributed by atoms with van der Waals surface area (Å²) in [6.07, 6.45) is 0. The first kappa shape index (κ1) is 21.0. The van der Waals surface area contributed by atoms with E-state index in [0.29, 0.717) is 34.2 Å². The molecule has 0 saturated carbocycles. The SMILES string of the molecule is COc1cc([C@@H]2NC(=O)NC(C)=C2C(=O)Nc2ccc(F)cc2)cc(OC)c1OC. The maximum Gasteiger partial charge on any atom is 0.319 e. The van der Waals surface area contributed by atoms with Crippen molar-refractivity contribution in [3.63, 3.8) is 0 Å². The minimum atomic E-state index is -0.784. The molecule has 3 rings (SSSR count). The Morgan fingerprint density at radius 3 is 2.17 bits per heavy atom. The number of anilines is 1. The van der Waals surface area contributed by atoms with Gasteiger partial charge in [-0.3, -0.25) is 4.79 Å². The molecule has 0 aromatic heterocycles. The zero-order valence-corrected chi connectivity index (χ0v) is 17.0. The number of amides is 3. The minimum absolute atomic E-state index is 0.285. The van der Waals surface area contributed by atoms with E-state index in [1.54, 1.807) is 19.1 Å². The second-order valence-electron chi connectivity index (χ2n) is 6.49. The number of halogens is 1. The Hall–Kier alpha value is -3.75. The summed E-state index contributed by atoms with van der Waals surface area (Å²) in [5.74, 6) is 0.295. The number of allylic oxidation sites excluding steroid dienone is 1. The summed E-state index contributed by atoms with van der Waals surface area (Å²) in [4.78, 5) is 25.2. The van der Waals surface area contributed by atoms with Gasteiger partial charge in [-0.1, -0.05) is 0 Å². The molecule has 0 aliphatic carbocycles. The van der Waals surface area contributed by atoms with Crippen molar-refractivity contribution >= 4 is 17.6 Å². The Bertz CT molecular complexity index is 979. The quantitative estimate of drug-likeness (QED) is 0.674. The summed E-state index contributed by atoms with van der Waals surface area (Å²) in [7, 11) is 4.44. The molecule has 1 heterocycles. The van der Waals surface area contributed by atoms with E-state index in [1.807, 2.05) is 0 Å². The van der Waals surface area contributed by atoms with Crippen LogP contribution < -0.4 is 30.2 Å². The number of benzene rings is 2. The summed E-state index contributed by atoms with van der Waals surface area (Å²) in [6, 6.07) is 7.48. The van der Waals surface area contributed by atoms with Crippen molar-refractivity contribution < 1.29 is 28.2 Å². The van der Waals surface area contributed by atoms with Gasteiger partial charge in [0.05, 0.1) is 32.9 Å². The molecule has 0 unspecified atom stereocenters. The molecule has 158 valence electrons. The third-order valence-corrected chi connectivity index (χ3v) is 4.64. The van der Waals surface area contributed by atoms with Crippen molar-refractivity contribution in [2.75, 3.05) is 26.6 Å². The molecule has 1 atom stereocenters. The average Bonchev–Trinajstić information content (AvgIpc) is 2.73. The Morgan fingerprint density at radius 2 is 1.63 bits per heavy atom. The van der Waals surface area contributed by atoms with Crippen molar-refractivity contribution in [1.82, 2.24) is 10.6 Å². The van der Waals surface area contributed by atoms with E-state index >= 15 is 0 Å². The first-order valence-corrected chi connectivity index (χ1v) is 9.03. The predicted octanol–water partition coefficient (Wildman–Crippen LogP) is 3.12. The molecule has 8 nitrogen and oxygen atoms in total. The predicted molar refractivity (Wildman–Crippen MR) is 108 cm³/mol. The Kier molecular flexibility index (Phi) is 6.10. The van der Waals surface area contributed by atoms with E-state index in [9.17, 15) is 14.0 Å². The van der Waals surface area contributed by atoms with Gasteiger partial charge in [0.1, 0.15) is 5.82 Å². The van der Waals surface area contributed by atoms with E-state index in [-0.39, 0.29) is 5.57 Å². The fraction of sp³-hybridized carbons (Fsp3) is 0.238. The van der Waals surface area contributed by atoms with Crippen molar-refractivity contribution in [2.45, 2.75) is 13.0 Å². The highest BCUT2D eigenvalue weighted by Crippen LogP contribution is 2.41. The van der Waals surface area contributed by atoms with E-state index in [0.717, 1.165) is 0 Å². The van der Waals surface area contributed by atoms with Crippen molar-refractivity contribution in [2.24, 2.45) is 0 Å². The summed E-state index contributed by atoms with van der Waals surface area (Å²) < 4.78 is 29.3. The molecular weight excluding hydrogens is 393 g/mol. The van der Waals surface area contributed by atoms with Gasteiger partial charge in [0.2, 0.25) is 5.75 Å². The third-order valence-electron chi connectivity index (χ3n) is 4.64. The van der Waals surface area contributed by atoms with Gasteiger partial charge < -0.3 is 30.2 Å². The lowest BCUT2D eigenvalue weighted by Crippen LogP contribution is -2.46. The number of hydrogen-bond acceptors (Lipinski definition) is 5. The molecule has 0 saturated heterocycles. The number of urea groups is 1. The Labute approximate surface area is 173 Å². The lowest BCUT2D eigenvalue weighted by Gasteiger charge is -2.29. The summed E-state index contributed by atoms with van der Waals surface area (Å²) in [5, 5.41) is 8.08. The number of rotatable bonds is 6. The van der Waals surface area contributed by atoms with Crippen LogP contribution >= 0.6 is 0 Å². The van der Waals surface area contributed by atoms with Gasteiger partial charge in [-0.2, -0.15) is 0 Å². The van der Waals surface area contributed by atoms with Crippen LogP contribution in [0.2, 0.25) is 0 Å². The summed E-state index contributed by atoms with van der Waals surface area (Å²) >= 11 is 0. The first-order chi connectivity index (χ1) is 14.4. The molecule has 2 aromatic carbocycles. The monoisotopic (exact) mass is 415 g/mol. The van der Waals surface area contributed by atoms with E-state index < -0.39 is 23.8 Å². The summed E-state index contributed by atoms with van der Waals surface area (Å²) in [5.41, 5.74) is 1.65. The van der Waals surface area contributed by atoms with Gasteiger partial charge in [0.25, 0.3) is 5.91 Å². The van der Waals surface area contributed by atoms with Crippen LogP contribution in [0.25, 0.3) is 0 Å². The lowest BCUT2D eigenvalue weighted by molar-refractivity contribution is -0.113. The number of methoxy groups -OCH3 is 3. The first-order valence-electron chi connectivity index (χ1n) is 9.03. The van der Waals surface area contributed by atoms with Crippen LogP contribution in [0.3, 0.4) is 0 Å². The number of carbonyl (C=O) groups excluding carboxylic acids is 2. The van der Waals surface area contributed by atoms with E-state index in [2.05, 4.69) is 16.0 Å². The van der Waals surface area contributed by atoms with E-state index in [4.69, 9.17) is 14.2 Å². The summed E-state index contributed by atoms with van der Waals surface area (Å²) in [6.45, 7) is 1.63. The zero-order chi connectivity index (χ0) is 21.8. The molecule has 2 aromatic rings. The smallest absolute Gasteiger partial charge is 0.319 e. The fourth-order valence-corrected chi connectivity index (χ4v) is 3.24. The lowest BCUT2D eigenvalue weighted by atomic mass is 9.94. The van der Waals surface area contributed by atoms with Gasteiger partial charge >= 0.3 is 6.03 Å². The highest BCUT2D eigenvalue weighted by Gasteiger charge is 2.32. The van der Waals surface area contributed by atoms with Crippen LogP contribution in [0.5, 0.6) is 17.2 Å². The van der Waals surface area contributed by atoms with Crippen LogP contribution in [0, 0.1) is 5.82 Å². The Balaban J connectivity index is 2.03. The number of ether oxygens (including phenoxy) is 3. The molecule has 0 radical (unpaired) electrons. The molecule has 0 fully saturated rings. The van der Waals surface area contributed by atoms with E-state index in [1.165, 1.54) is 45.6 Å². The molecule has 0 bridgehead atoms. The second kappa shape index (κ2) is 8.73. The number of hydrogen-bond donors (Lipinski definition) is 3. The van der Waals surface area contributed by atoms with Gasteiger partial charge in [-0.25, -0.2) is 9.18 Å². The maximum absolute atomic E-state index is 13.2. The van der Waals surface area contributed by atoms with Crippen molar-refractivity contribution in [3.05, 3.63) is 59.0 Å².